The molecule has 16 heavy (non-hydrogen) atoms. The summed E-state index contributed by atoms with van der Waals surface area (Å²) in [6, 6.07) is 0.782. The molecule has 0 aromatic carbocycles. The average molecular weight is 233 g/mol. The normalized spacial score (nSPS) is 35.1. The SMILES string of the molecule is CN1C2CCC1CC(OC(=O)C(C)(F)F)C2. The number of fused-ring (bicyclic) bond motifs is 2. The highest BCUT2D eigenvalue weighted by Crippen LogP contribution is 2.36. The summed E-state index contributed by atoms with van der Waals surface area (Å²) >= 11 is 0. The molecule has 2 aliphatic heterocycles. The molecule has 2 unspecified atom stereocenters. The second kappa shape index (κ2) is 3.95. The van der Waals surface area contributed by atoms with Crippen LogP contribution in [0.15, 0.2) is 0 Å². The number of hydrogen-bond acceptors (Lipinski definition) is 3. The van der Waals surface area contributed by atoms with Gasteiger partial charge < -0.3 is 9.64 Å². The number of piperidine rings is 1. The fourth-order valence-corrected chi connectivity index (χ4v) is 2.71. The zero-order valence-electron chi connectivity index (χ0n) is 9.58. The maximum Gasteiger partial charge on any atom is 0.376 e. The van der Waals surface area contributed by atoms with Crippen LogP contribution >= 0.6 is 0 Å². The smallest absolute Gasteiger partial charge is 0.376 e. The summed E-state index contributed by atoms with van der Waals surface area (Å²) in [6.45, 7) is 0.582. The van der Waals surface area contributed by atoms with Crippen LogP contribution in [0.25, 0.3) is 0 Å². The van der Waals surface area contributed by atoms with Crippen LogP contribution in [0.2, 0.25) is 0 Å². The van der Waals surface area contributed by atoms with Crippen LogP contribution < -0.4 is 0 Å². The quantitative estimate of drug-likeness (QED) is 0.681. The molecular weight excluding hydrogens is 216 g/mol. The molecule has 0 saturated carbocycles. The molecule has 2 saturated heterocycles. The molecule has 0 aromatic rings. The lowest BCUT2D eigenvalue weighted by Gasteiger charge is -2.36. The van der Waals surface area contributed by atoms with Gasteiger partial charge in [-0.1, -0.05) is 0 Å². The van der Waals surface area contributed by atoms with Crippen LogP contribution in [-0.4, -0.2) is 42.0 Å². The van der Waals surface area contributed by atoms with Crippen molar-refractivity contribution in [3.8, 4) is 0 Å². The monoisotopic (exact) mass is 233 g/mol. The van der Waals surface area contributed by atoms with Crippen molar-refractivity contribution < 1.29 is 18.3 Å². The first-order chi connectivity index (χ1) is 7.38. The minimum absolute atomic E-state index is 0.327. The van der Waals surface area contributed by atoms with Crippen molar-refractivity contribution in [2.24, 2.45) is 0 Å². The molecule has 0 aromatic heterocycles. The van der Waals surface area contributed by atoms with Crippen molar-refractivity contribution in [3.05, 3.63) is 0 Å². The van der Waals surface area contributed by atoms with E-state index in [1.54, 1.807) is 0 Å². The molecule has 0 radical (unpaired) electrons. The van der Waals surface area contributed by atoms with Gasteiger partial charge in [-0.2, -0.15) is 8.78 Å². The zero-order valence-corrected chi connectivity index (χ0v) is 9.58. The van der Waals surface area contributed by atoms with Gasteiger partial charge in [0.2, 0.25) is 0 Å². The summed E-state index contributed by atoms with van der Waals surface area (Å²) in [6.07, 6.45) is 3.21. The van der Waals surface area contributed by atoms with E-state index in [9.17, 15) is 13.6 Å². The predicted octanol–water partition coefficient (Wildman–Crippen LogP) is 1.81. The van der Waals surface area contributed by atoms with Gasteiger partial charge >= 0.3 is 11.9 Å². The lowest BCUT2D eigenvalue weighted by atomic mass is 10.0. The molecule has 2 heterocycles. The Morgan fingerprint density at radius 3 is 2.25 bits per heavy atom. The fourth-order valence-electron chi connectivity index (χ4n) is 2.71. The second-order valence-corrected chi connectivity index (χ2v) is 4.94. The van der Waals surface area contributed by atoms with E-state index < -0.39 is 11.9 Å². The Labute approximate surface area is 93.7 Å². The third-order valence-electron chi connectivity index (χ3n) is 3.69. The molecular formula is C11H17F2NO2. The number of carbonyl (C=O) groups is 1. The first kappa shape index (κ1) is 11.8. The highest BCUT2D eigenvalue weighted by molar-refractivity contribution is 5.77. The molecule has 2 atom stereocenters. The summed E-state index contributed by atoms with van der Waals surface area (Å²) in [5, 5.41) is 0. The van der Waals surface area contributed by atoms with Crippen molar-refractivity contribution >= 4 is 5.97 Å². The average Bonchev–Trinajstić information content (AvgIpc) is 2.41. The maximum atomic E-state index is 12.7. The minimum atomic E-state index is -3.37. The van der Waals surface area contributed by atoms with Crippen LogP contribution in [0.3, 0.4) is 0 Å². The highest BCUT2D eigenvalue weighted by atomic mass is 19.3. The number of hydrogen-bond donors (Lipinski definition) is 0. The fraction of sp³-hybridized carbons (Fsp3) is 0.909. The second-order valence-electron chi connectivity index (χ2n) is 4.94. The van der Waals surface area contributed by atoms with Gasteiger partial charge in [0.25, 0.3) is 0 Å². The van der Waals surface area contributed by atoms with E-state index in [1.807, 2.05) is 0 Å². The summed E-state index contributed by atoms with van der Waals surface area (Å²) in [5.41, 5.74) is 0. The molecule has 3 nitrogen and oxygen atoms in total. The number of ether oxygens (including phenoxy) is 1. The summed E-state index contributed by atoms with van der Waals surface area (Å²) in [4.78, 5) is 13.3. The summed E-state index contributed by atoms with van der Waals surface area (Å²) in [7, 11) is 2.05. The Bertz CT molecular complexity index is 276. The molecule has 0 amide bonds. The van der Waals surface area contributed by atoms with Crippen LogP contribution in [0.1, 0.15) is 32.6 Å². The van der Waals surface area contributed by atoms with Gasteiger partial charge in [-0.3, -0.25) is 0 Å². The molecule has 0 N–H and O–H groups in total. The van der Waals surface area contributed by atoms with E-state index in [0.717, 1.165) is 12.8 Å². The molecule has 2 rings (SSSR count). The Morgan fingerprint density at radius 1 is 1.31 bits per heavy atom. The minimum Gasteiger partial charge on any atom is -0.458 e. The standard InChI is InChI=1S/C11H17F2NO2/c1-11(12,13)10(15)16-9-5-7-3-4-8(6-9)14(7)2/h7-9H,3-6H2,1-2H3. The largest absolute Gasteiger partial charge is 0.458 e. The maximum absolute atomic E-state index is 12.7. The van der Waals surface area contributed by atoms with E-state index in [4.69, 9.17) is 4.74 Å². The van der Waals surface area contributed by atoms with E-state index in [2.05, 4.69) is 11.9 Å². The van der Waals surface area contributed by atoms with Gasteiger partial charge in [0.1, 0.15) is 6.10 Å². The number of carbonyl (C=O) groups excluding carboxylic acids is 1. The van der Waals surface area contributed by atoms with Gasteiger partial charge in [-0.25, -0.2) is 4.79 Å². The summed E-state index contributed by atoms with van der Waals surface area (Å²) in [5.74, 6) is -4.76. The Hall–Kier alpha value is -0.710. The van der Waals surface area contributed by atoms with Crippen molar-refractivity contribution in [2.75, 3.05) is 7.05 Å². The van der Waals surface area contributed by atoms with E-state index in [0.29, 0.717) is 31.8 Å². The highest BCUT2D eigenvalue weighted by Gasteiger charge is 2.42. The van der Waals surface area contributed by atoms with Crippen molar-refractivity contribution in [1.82, 2.24) is 4.90 Å². The van der Waals surface area contributed by atoms with Crippen molar-refractivity contribution in [1.29, 1.82) is 0 Å². The van der Waals surface area contributed by atoms with Crippen LogP contribution in [-0.2, 0) is 9.53 Å². The molecule has 2 fully saturated rings. The lowest BCUT2D eigenvalue weighted by molar-refractivity contribution is -0.178. The Kier molecular flexibility index (Phi) is 2.90. The summed E-state index contributed by atoms with van der Waals surface area (Å²) < 4.78 is 30.2. The molecule has 92 valence electrons. The van der Waals surface area contributed by atoms with E-state index >= 15 is 0 Å². The van der Waals surface area contributed by atoms with Gasteiger partial charge in [0.05, 0.1) is 0 Å². The van der Waals surface area contributed by atoms with Crippen molar-refractivity contribution in [3.63, 3.8) is 0 Å². The van der Waals surface area contributed by atoms with Crippen LogP contribution in [0.4, 0.5) is 8.78 Å². The number of rotatable bonds is 2. The van der Waals surface area contributed by atoms with Gasteiger partial charge in [-0.15, -0.1) is 0 Å². The number of halogens is 2. The molecule has 5 heteroatoms. The van der Waals surface area contributed by atoms with E-state index in [-0.39, 0.29) is 6.10 Å². The topological polar surface area (TPSA) is 29.5 Å². The molecule has 2 bridgehead atoms. The van der Waals surface area contributed by atoms with Gasteiger partial charge in [0, 0.05) is 19.0 Å². The van der Waals surface area contributed by atoms with Crippen LogP contribution in [0, 0.1) is 0 Å². The Morgan fingerprint density at radius 2 is 1.81 bits per heavy atom. The van der Waals surface area contributed by atoms with Crippen molar-refractivity contribution in [2.45, 2.75) is 56.7 Å². The Balaban J connectivity index is 1.92. The molecule has 0 aliphatic carbocycles. The zero-order chi connectivity index (χ0) is 11.9. The third-order valence-corrected chi connectivity index (χ3v) is 3.69. The van der Waals surface area contributed by atoms with E-state index in [1.165, 1.54) is 0 Å². The first-order valence-electron chi connectivity index (χ1n) is 5.69. The van der Waals surface area contributed by atoms with Gasteiger partial charge in [-0.05, 0) is 32.7 Å². The predicted molar refractivity (Wildman–Crippen MR) is 54.3 cm³/mol. The molecule has 2 aliphatic rings. The van der Waals surface area contributed by atoms with Crippen LogP contribution in [0.5, 0.6) is 0 Å². The molecule has 0 spiro atoms. The number of nitrogens with zero attached hydrogens (tertiary/aromatic N) is 1. The first-order valence-corrected chi connectivity index (χ1v) is 5.69. The number of esters is 1. The lowest BCUT2D eigenvalue weighted by Crippen LogP contribution is -2.44. The third kappa shape index (κ3) is 2.19. The van der Waals surface area contributed by atoms with Gasteiger partial charge in [0.15, 0.2) is 0 Å². The number of alkyl halides is 2.